The lowest BCUT2D eigenvalue weighted by Gasteiger charge is -2.17. The van der Waals surface area contributed by atoms with E-state index in [-0.39, 0.29) is 25.4 Å². The number of carbonyl (C=O) groups excluding carboxylic acids is 4. The van der Waals surface area contributed by atoms with Gasteiger partial charge in [0, 0.05) is 31.7 Å². The minimum absolute atomic E-state index is 0.0467. The molecule has 0 unspecified atom stereocenters. The van der Waals surface area contributed by atoms with Gasteiger partial charge in [-0.3, -0.25) is 19.3 Å². The quantitative estimate of drug-likeness (QED) is 0.799. The molecule has 2 aliphatic heterocycles. The Balaban J connectivity index is 1.55. The van der Waals surface area contributed by atoms with Gasteiger partial charge in [-0.2, -0.15) is 0 Å². The highest BCUT2D eigenvalue weighted by atomic mass is 16.5. The van der Waals surface area contributed by atoms with Gasteiger partial charge in [-0.15, -0.1) is 0 Å². The maximum absolute atomic E-state index is 12.2. The van der Waals surface area contributed by atoms with E-state index in [4.69, 9.17) is 4.74 Å². The number of urea groups is 1. The Labute approximate surface area is 144 Å². The van der Waals surface area contributed by atoms with E-state index in [1.165, 1.54) is 0 Å². The molecule has 1 atom stereocenters. The van der Waals surface area contributed by atoms with E-state index in [0.29, 0.717) is 6.54 Å². The van der Waals surface area contributed by atoms with E-state index in [1.807, 2.05) is 31.2 Å². The highest BCUT2D eigenvalue weighted by molar-refractivity contribution is 6.00. The molecule has 1 aromatic rings. The smallest absolute Gasteiger partial charge is 0.324 e. The molecule has 1 aromatic carbocycles. The third-order valence-corrected chi connectivity index (χ3v) is 4.30. The maximum atomic E-state index is 12.2. The summed E-state index contributed by atoms with van der Waals surface area (Å²) in [5.41, 5.74) is 1.81. The molecule has 25 heavy (non-hydrogen) atoms. The van der Waals surface area contributed by atoms with Crippen molar-refractivity contribution in [3.63, 3.8) is 0 Å². The van der Waals surface area contributed by atoms with Crippen LogP contribution in [0.5, 0.6) is 0 Å². The highest BCUT2D eigenvalue weighted by Gasteiger charge is 2.37. The van der Waals surface area contributed by atoms with Gasteiger partial charge in [0.2, 0.25) is 5.91 Å². The zero-order chi connectivity index (χ0) is 18.0. The number of aryl methyl sites for hydroxylation is 1. The van der Waals surface area contributed by atoms with Crippen molar-refractivity contribution >= 4 is 29.5 Å². The molecular formula is C17H19N3O5. The number of esters is 1. The van der Waals surface area contributed by atoms with Gasteiger partial charge in [-0.05, 0) is 19.1 Å². The maximum Gasteiger partial charge on any atom is 0.324 e. The fourth-order valence-corrected chi connectivity index (χ4v) is 2.88. The van der Waals surface area contributed by atoms with Crippen LogP contribution in [0.15, 0.2) is 24.3 Å². The zero-order valence-electron chi connectivity index (χ0n) is 13.9. The van der Waals surface area contributed by atoms with Gasteiger partial charge >= 0.3 is 12.0 Å². The summed E-state index contributed by atoms with van der Waals surface area (Å²) in [7, 11) is 0. The van der Waals surface area contributed by atoms with Crippen molar-refractivity contribution in [3.05, 3.63) is 29.8 Å². The average Bonchev–Trinajstić information content (AvgIpc) is 3.19. The summed E-state index contributed by atoms with van der Waals surface area (Å²) < 4.78 is 5.01. The topological polar surface area (TPSA) is 96.0 Å². The van der Waals surface area contributed by atoms with Crippen LogP contribution in [0.2, 0.25) is 0 Å². The summed E-state index contributed by atoms with van der Waals surface area (Å²) in [4.78, 5) is 50.1. The third-order valence-electron chi connectivity index (χ3n) is 4.30. The standard InChI is InChI=1S/C17H19N3O5/c1-11-2-4-13(5-3-11)20-9-12(8-14(20)21)16(23)25-10-15(22)19-7-6-18-17(19)24/h2-5,12H,6-10H2,1H3,(H,18,24)/t12-/m1/s1. The fraction of sp³-hybridized carbons (Fsp3) is 0.412. The molecule has 0 aliphatic carbocycles. The molecule has 0 bridgehead atoms. The number of benzene rings is 1. The number of hydrogen-bond donors (Lipinski definition) is 1. The van der Waals surface area contributed by atoms with Crippen molar-refractivity contribution in [2.75, 3.05) is 31.1 Å². The molecule has 2 aliphatic rings. The fourth-order valence-electron chi connectivity index (χ4n) is 2.88. The van der Waals surface area contributed by atoms with E-state index in [0.717, 1.165) is 16.2 Å². The van der Waals surface area contributed by atoms with Gasteiger partial charge < -0.3 is 15.0 Å². The predicted molar refractivity (Wildman–Crippen MR) is 87.7 cm³/mol. The molecule has 0 saturated carbocycles. The number of nitrogens with zero attached hydrogens (tertiary/aromatic N) is 2. The first-order valence-electron chi connectivity index (χ1n) is 8.07. The molecule has 2 fully saturated rings. The Morgan fingerprint density at radius 2 is 1.96 bits per heavy atom. The second-order valence-electron chi connectivity index (χ2n) is 6.13. The second-order valence-corrected chi connectivity index (χ2v) is 6.13. The van der Waals surface area contributed by atoms with Crippen molar-refractivity contribution in [1.29, 1.82) is 0 Å². The lowest BCUT2D eigenvalue weighted by Crippen LogP contribution is -2.38. The zero-order valence-corrected chi connectivity index (χ0v) is 13.9. The van der Waals surface area contributed by atoms with Crippen LogP contribution in [-0.2, 0) is 19.1 Å². The van der Waals surface area contributed by atoms with Gasteiger partial charge in [0.05, 0.1) is 5.92 Å². The second kappa shape index (κ2) is 6.92. The summed E-state index contributed by atoms with van der Waals surface area (Å²) in [6.07, 6.45) is 0.0467. The number of rotatable bonds is 4. The molecule has 2 saturated heterocycles. The van der Waals surface area contributed by atoms with E-state index < -0.39 is 30.4 Å². The predicted octanol–water partition coefficient (Wildman–Crippen LogP) is 0.443. The monoisotopic (exact) mass is 345 g/mol. The molecule has 4 amide bonds. The van der Waals surface area contributed by atoms with Crippen LogP contribution in [0.3, 0.4) is 0 Å². The molecule has 0 spiro atoms. The van der Waals surface area contributed by atoms with Crippen LogP contribution in [0.1, 0.15) is 12.0 Å². The minimum atomic E-state index is -0.617. The molecule has 8 heteroatoms. The summed E-state index contributed by atoms with van der Waals surface area (Å²) in [6.45, 7) is 2.33. The lowest BCUT2D eigenvalue weighted by molar-refractivity contribution is -0.154. The SMILES string of the molecule is Cc1ccc(N2C[C@H](C(=O)OCC(=O)N3CCNC3=O)CC2=O)cc1. The Kier molecular flexibility index (Phi) is 4.69. The van der Waals surface area contributed by atoms with Crippen molar-refractivity contribution in [1.82, 2.24) is 10.2 Å². The molecule has 132 valence electrons. The van der Waals surface area contributed by atoms with Crippen LogP contribution in [0.4, 0.5) is 10.5 Å². The average molecular weight is 345 g/mol. The Morgan fingerprint density at radius 3 is 2.60 bits per heavy atom. The number of anilines is 1. The number of ether oxygens (including phenoxy) is 1. The molecule has 8 nitrogen and oxygen atoms in total. The Morgan fingerprint density at radius 1 is 1.24 bits per heavy atom. The van der Waals surface area contributed by atoms with Gasteiger partial charge in [0.1, 0.15) is 0 Å². The number of amides is 4. The molecule has 3 rings (SSSR count). The first kappa shape index (κ1) is 16.9. The van der Waals surface area contributed by atoms with E-state index in [9.17, 15) is 19.2 Å². The summed E-state index contributed by atoms with van der Waals surface area (Å²) in [5.74, 6) is -1.94. The number of carbonyl (C=O) groups is 4. The summed E-state index contributed by atoms with van der Waals surface area (Å²) in [6, 6.07) is 6.97. The Hall–Kier alpha value is -2.90. The molecular weight excluding hydrogens is 326 g/mol. The van der Waals surface area contributed by atoms with Gasteiger partial charge in [0.15, 0.2) is 6.61 Å². The van der Waals surface area contributed by atoms with Crippen molar-refractivity contribution in [2.45, 2.75) is 13.3 Å². The van der Waals surface area contributed by atoms with Crippen LogP contribution in [-0.4, -0.2) is 55.0 Å². The van der Waals surface area contributed by atoms with E-state index in [1.54, 1.807) is 4.90 Å². The molecule has 1 N–H and O–H groups in total. The summed E-state index contributed by atoms with van der Waals surface area (Å²) in [5, 5.41) is 2.50. The van der Waals surface area contributed by atoms with Crippen molar-refractivity contribution in [3.8, 4) is 0 Å². The van der Waals surface area contributed by atoms with E-state index in [2.05, 4.69) is 5.32 Å². The molecule has 0 radical (unpaired) electrons. The third kappa shape index (κ3) is 3.62. The van der Waals surface area contributed by atoms with Crippen LogP contribution >= 0.6 is 0 Å². The highest BCUT2D eigenvalue weighted by Crippen LogP contribution is 2.26. The number of imide groups is 1. The summed E-state index contributed by atoms with van der Waals surface area (Å²) >= 11 is 0. The van der Waals surface area contributed by atoms with Gasteiger partial charge in [-0.1, -0.05) is 17.7 Å². The van der Waals surface area contributed by atoms with Gasteiger partial charge in [0.25, 0.3) is 5.91 Å². The molecule has 0 aromatic heterocycles. The lowest BCUT2D eigenvalue weighted by atomic mass is 10.1. The first-order chi connectivity index (χ1) is 12.0. The number of nitrogens with one attached hydrogen (secondary N) is 1. The van der Waals surface area contributed by atoms with Crippen molar-refractivity contribution in [2.24, 2.45) is 5.92 Å². The minimum Gasteiger partial charge on any atom is -0.455 e. The van der Waals surface area contributed by atoms with E-state index >= 15 is 0 Å². The first-order valence-corrected chi connectivity index (χ1v) is 8.07. The van der Waals surface area contributed by atoms with Crippen molar-refractivity contribution < 1.29 is 23.9 Å². The van der Waals surface area contributed by atoms with Crippen LogP contribution in [0, 0.1) is 12.8 Å². The Bertz CT molecular complexity index is 715. The number of hydrogen-bond acceptors (Lipinski definition) is 5. The van der Waals surface area contributed by atoms with Crippen LogP contribution in [0.25, 0.3) is 0 Å². The van der Waals surface area contributed by atoms with Crippen LogP contribution < -0.4 is 10.2 Å². The molecule has 2 heterocycles. The normalized spacial score (nSPS) is 20.0. The largest absolute Gasteiger partial charge is 0.455 e. The van der Waals surface area contributed by atoms with Gasteiger partial charge in [-0.25, -0.2) is 4.79 Å².